The maximum atomic E-state index is 10.9. The molecular formula is C14H11Cl2NO2. The number of hydrogen-bond acceptors (Lipinski definition) is 2. The molecule has 0 aromatic heterocycles. The molecule has 0 saturated heterocycles. The Hall–Kier alpha value is -1.71. The molecule has 98 valence electrons. The van der Waals surface area contributed by atoms with E-state index in [9.17, 15) is 4.79 Å². The number of benzene rings is 2. The van der Waals surface area contributed by atoms with Gasteiger partial charge in [-0.15, -0.1) is 0 Å². The third-order valence-corrected chi connectivity index (χ3v) is 3.27. The van der Waals surface area contributed by atoms with Gasteiger partial charge in [-0.2, -0.15) is 0 Å². The molecule has 1 amide bonds. The predicted molar refractivity (Wildman–Crippen MR) is 75.8 cm³/mol. The van der Waals surface area contributed by atoms with Gasteiger partial charge in [0, 0.05) is 5.56 Å². The summed E-state index contributed by atoms with van der Waals surface area (Å²) >= 11 is 11.7. The summed E-state index contributed by atoms with van der Waals surface area (Å²) in [4.78, 5) is 10.9. The second kappa shape index (κ2) is 5.95. The Bertz CT molecular complexity index is 597. The van der Waals surface area contributed by atoms with Crippen molar-refractivity contribution in [3.8, 4) is 5.75 Å². The fraction of sp³-hybridized carbons (Fsp3) is 0.0714. The van der Waals surface area contributed by atoms with E-state index in [4.69, 9.17) is 33.7 Å². The first-order valence-electron chi connectivity index (χ1n) is 5.53. The number of carbonyl (C=O) groups is 1. The van der Waals surface area contributed by atoms with Gasteiger partial charge in [-0.3, -0.25) is 4.79 Å². The van der Waals surface area contributed by atoms with E-state index >= 15 is 0 Å². The van der Waals surface area contributed by atoms with Crippen molar-refractivity contribution in [3.05, 3.63) is 63.6 Å². The molecule has 5 heteroatoms. The van der Waals surface area contributed by atoms with Crippen molar-refractivity contribution >= 4 is 29.1 Å². The molecule has 19 heavy (non-hydrogen) atoms. The minimum atomic E-state index is -0.462. The maximum Gasteiger partial charge on any atom is 0.248 e. The highest BCUT2D eigenvalue weighted by atomic mass is 35.5. The third kappa shape index (κ3) is 3.63. The molecule has 2 aromatic carbocycles. The van der Waals surface area contributed by atoms with Crippen molar-refractivity contribution in [1.82, 2.24) is 0 Å². The van der Waals surface area contributed by atoms with Crippen molar-refractivity contribution in [2.45, 2.75) is 6.61 Å². The predicted octanol–water partition coefficient (Wildman–Crippen LogP) is 3.67. The molecule has 0 saturated carbocycles. The normalized spacial score (nSPS) is 10.2. The largest absolute Gasteiger partial charge is 0.489 e. The van der Waals surface area contributed by atoms with Crippen molar-refractivity contribution in [1.29, 1.82) is 0 Å². The molecule has 0 atom stereocenters. The quantitative estimate of drug-likeness (QED) is 0.935. The molecular weight excluding hydrogens is 285 g/mol. The molecule has 0 radical (unpaired) electrons. The van der Waals surface area contributed by atoms with Crippen LogP contribution in [0.3, 0.4) is 0 Å². The first kappa shape index (κ1) is 13.7. The lowest BCUT2D eigenvalue weighted by Crippen LogP contribution is -2.10. The van der Waals surface area contributed by atoms with E-state index < -0.39 is 5.91 Å². The lowest BCUT2D eigenvalue weighted by atomic mass is 10.2. The van der Waals surface area contributed by atoms with Gasteiger partial charge in [-0.25, -0.2) is 0 Å². The van der Waals surface area contributed by atoms with Crippen LogP contribution < -0.4 is 10.5 Å². The number of hydrogen-bond donors (Lipinski definition) is 1. The molecule has 0 unspecified atom stereocenters. The highest BCUT2D eigenvalue weighted by molar-refractivity contribution is 6.42. The summed E-state index contributed by atoms with van der Waals surface area (Å²) in [6, 6.07) is 11.9. The van der Waals surface area contributed by atoms with Crippen molar-refractivity contribution in [3.63, 3.8) is 0 Å². The fourth-order valence-electron chi connectivity index (χ4n) is 1.51. The smallest absolute Gasteiger partial charge is 0.248 e. The third-order valence-electron chi connectivity index (χ3n) is 2.53. The zero-order chi connectivity index (χ0) is 13.8. The minimum Gasteiger partial charge on any atom is -0.489 e. The second-order valence-corrected chi connectivity index (χ2v) is 4.74. The molecule has 2 N–H and O–H groups in total. The molecule has 0 aliphatic rings. The van der Waals surface area contributed by atoms with E-state index in [-0.39, 0.29) is 0 Å². The molecule has 0 spiro atoms. The molecule has 3 nitrogen and oxygen atoms in total. The first-order chi connectivity index (χ1) is 9.06. The van der Waals surface area contributed by atoms with Crippen LogP contribution in [-0.4, -0.2) is 5.91 Å². The van der Waals surface area contributed by atoms with Gasteiger partial charge in [-0.1, -0.05) is 29.3 Å². The zero-order valence-corrected chi connectivity index (χ0v) is 11.4. The summed E-state index contributed by atoms with van der Waals surface area (Å²) in [7, 11) is 0. The van der Waals surface area contributed by atoms with Gasteiger partial charge in [0.25, 0.3) is 0 Å². The van der Waals surface area contributed by atoms with Crippen molar-refractivity contribution < 1.29 is 9.53 Å². The number of nitrogens with two attached hydrogens (primary N) is 1. The number of rotatable bonds is 4. The highest BCUT2D eigenvalue weighted by Gasteiger charge is 2.02. The van der Waals surface area contributed by atoms with Crippen LogP contribution in [0.2, 0.25) is 10.0 Å². The summed E-state index contributed by atoms with van der Waals surface area (Å²) < 4.78 is 5.57. The van der Waals surface area contributed by atoms with Crippen LogP contribution >= 0.6 is 23.2 Å². The van der Waals surface area contributed by atoms with Gasteiger partial charge < -0.3 is 10.5 Å². The van der Waals surface area contributed by atoms with Crippen LogP contribution in [0.25, 0.3) is 0 Å². The van der Waals surface area contributed by atoms with Crippen molar-refractivity contribution in [2.24, 2.45) is 5.73 Å². The number of amides is 1. The van der Waals surface area contributed by atoms with E-state index in [1.165, 1.54) is 0 Å². The van der Waals surface area contributed by atoms with Gasteiger partial charge in [0.15, 0.2) is 0 Å². The van der Waals surface area contributed by atoms with Gasteiger partial charge in [0.2, 0.25) is 5.91 Å². The van der Waals surface area contributed by atoms with Gasteiger partial charge in [-0.05, 0) is 42.0 Å². The Kier molecular flexibility index (Phi) is 4.30. The topological polar surface area (TPSA) is 52.3 Å². The van der Waals surface area contributed by atoms with Crippen LogP contribution in [0, 0.1) is 0 Å². The Labute approximate surface area is 120 Å². The molecule has 0 fully saturated rings. The van der Waals surface area contributed by atoms with E-state index in [1.807, 2.05) is 6.07 Å². The maximum absolute atomic E-state index is 10.9. The van der Waals surface area contributed by atoms with E-state index in [1.54, 1.807) is 36.4 Å². The van der Waals surface area contributed by atoms with E-state index in [0.29, 0.717) is 28.0 Å². The fourth-order valence-corrected chi connectivity index (χ4v) is 1.83. The summed E-state index contributed by atoms with van der Waals surface area (Å²) in [5, 5.41) is 1.00. The number of ether oxygens (including phenoxy) is 1. The molecule has 0 bridgehead atoms. The lowest BCUT2D eigenvalue weighted by molar-refractivity contribution is 0.100. The van der Waals surface area contributed by atoms with Crippen LogP contribution in [0.5, 0.6) is 5.75 Å². The minimum absolute atomic E-state index is 0.368. The molecule has 0 heterocycles. The van der Waals surface area contributed by atoms with Crippen LogP contribution in [-0.2, 0) is 6.61 Å². The summed E-state index contributed by atoms with van der Waals surface area (Å²) in [6.45, 7) is 0.368. The first-order valence-corrected chi connectivity index (χ1v) is 6.28. The second-order valence-electron chi connectivity index (χ2n) is 3.93. The summed E-state index contributed by atoms with van der Waals surface area (Å²) in [5.41, 5.74) is 6.51. The van der Waals surface area contributed by atoms with E-state index in [0.717, 1.165) is 5.56 Å². The van der Waals surface area contributed by atoms with Crippen LogP contribution in [0.4, 0.5) is 0 Å². The van der Waals surface area contributed by atoms with Gasteiger partial charge >= 0.3 is 0 Å². The molecule has 0 aliphatic carbocycles. The lowest BCUT2D eigenvalue weighted by Gasteiger charge is -2.07. The van der Waals surface area contributed by atoms with Gasteiger partial charge in [0.05, 0.1) is 10.0 Å². The SMILES string of the molecule is NC(=O)c1ccc(OCc2ccc(Cl)c(Cl)c2)cc1. The average Bonchev–Trinajstić information content (AvgIpc) is 2.40. The number of carbonyl (C=O) groups excluding carboxylic acids is 1. The Balaban J connectivity index is 2.01. The highest BCUT2D eigenvalue weighted by Crippen LogP contribution is 2.23. The van der Waals surface area contributed by atoms with E-state index in [2.05, 4.69) is 0 Å². The van der Waals surface area contributed by atoms with Gasteiger partial charge in [0.1, 0.15) is 12.4 Å². The monoisotopic (exact) mass is 295 g/mol. The van der Waals surface area contributed by atoms with Crippen LogP contribution in [0.15, 0.2) is 42.5 Å². The van der Waals surface area contributed by atoms with Crippen molar-refractivity contribution in [2.75, 3.05) is 0 Å². The number of primary amides is 1. The Morgan fingerprint density at radius 1 is 1.05 bits per heavy atom. The summed E-state index contributed by atoms with van der Waals surface area (Å²) in [5.74, 6) is 0.187. The Morgan fingerprint density at radius 3 is 2.32 bits per heavy atom. The molecule has 2 aromatic rings. The average molecular weight is 296 g/mol. The molecule has 2 rings (SSSR count). The zero-order valence-electron chi connectivity index (χ0n) is 9.90. The molecule has 0 aliphatic heterocycles. The summed E-state index contributed by atoms with van der Waals surface area (Å²) in [6.07, 6.45) is 0. The standard InChI is InChI=1S/C14H11Cl2NO2/c15-12-6-1-9(7-13(12)16)8-19-11-4-2-10(3-5-11)14(17)18/h1-7H,8H2,(H2,17,18). The Morgan fingerprint density at radius 2 is 1.74 bits per heavy atom. The van der Waals surface area contributed by atoms with Crippen LogP contribution in [0.1, 0.15) is 15.9 Å². The number of halogens is 2.